The highest BCUT2D eigenvalue weighted by atomic mass is 16.5. The number of methoxy groups -OCH3 is 1. The first-order valence-electron chi connectivity index (χ1n) is 6.66. The summed E-state index contributed by atoms with van der Waals surface area (Å²) in [6.45, 7) is 7.21. The Labute approximate surface area is 115 Å². The highest BCUT2D eigenvalue weighted by molar-refractivity contribution is 5.82. The second-order valence-electron chi connectivity index (χ2n) is 5.25. The molecule has 0 bridgehead atoms. The van der Waals surface area contributed by atoms with Gasteiger partial charge in [0, 0.05) is 19.6 Å². The van der Waals surface area contributed by atoms with Gasteiger partial charge < -0.3 is 14.5 Å². The smallest absolute Gasteiger partial charge is 0.325 e. The van der Waals surface area contributed by atoms with Crippen molar-refractivity contribution in [1.29, 1.82) is 0 Å². The van der Waals surface area contributed by atoms with Gasteiger partial charge in [-0.2, -0.15) is 0 Å². The number of urea groups is 1. The summed E-state index contributed by atoms with van der Waals surface area (Å²) in [6.07, 6.45) is 0. The van der Waals surface area contributed by atoms with Gasteiger partial charge in [0.1, 0.15) is 6.04 Å². The van der Waals surface area contributed by atoms with Crippen molar-refractivity contribution in [2.75, 3.05) is 34.3 Å². The van der Waals surface area contributed by atoms with Crippen LogP contribution in [0.4, 0.5) is 4.79 Å². The second kappa shape index (κ2) is 6.23. The molecule has 1 aliphatic heterocycles. The molecule has 110 valence electrons. The van der Waals surface area contributed by atoms with Crippen molar-refractivity contribution in [2.24, 2.45) is 0 Å². The monoisotopic (exact) mass is 271 g/mol. The third kappa shape index (κ3) is 3.00. The van der Waals surface area contributed by atoms with Crippen LogP contribution in [0, 0.1) is 0 Å². The maximum absolute atomic E-state index is 12.2. The lowest BCUT2D eigenvalue weighted by molar-refractivity contribution is -0.148. The first kappa shape index (κ1) is 15.8. The molecule has 0 N–H and O–H groups in total. The summed E-state index contributed by atoms with van der Waals surface area (Å²) in [5.74, 6) is -0.292. The Balaban J connectivity index is 2.97. The molecule has 6 heteroatoms. The van der Waals surface area contributed by atoms with E-state index >= 15 is 0 Å². The van der Waals surface area contributed by atoms with Gasteiger partial charge in [0.15, 0.2) is 0 Å². The van der Waals surface area contributed by atoms with Gasteiger partial charge >= 0.3 is 12.0 Å². The van der Waals surface area contributed by atoms with Crippen LogP contribution in [-0.2, 0) is 9.53 Å². The molecule has 1 heterocycles. The van der Waals surface area contributed by atoms with E-state index in [4.69, 9.17) is 4.74 Å². The Hall–Kier alpha value is -1.30. The summed E-state index contributed by atoms with van der Waals surface area (Å²) >= 11 is 0. The minimum atomic E-state index is -0.423. The highest BCUT2D eigenvalue weighted by Gasteiger charge is 2.44. The first-order chi connectivity index (χ1) is 8.84. The second-order valence-corrected chi connectivity index (χ2v) is 5.25. The third-order valence-corrected chi connectivity index (χ3v) is 3.83. The number of amides is 2. The molecule has 1 aliphatic rings. The molecule has 0 aliphatic carbocycles. The maximum Gasteiger partial charge on any atom is 0.325 e. The van der Waals surface area contributed by atoms with Gasteiger partial charge in [0.2, 0.25) is 0 Å². The van der Waals surface area contributed by atoms with Crippen molar-refractivity contribution >= 4 is 12.0 Å². The molecule has 0 saturated carbocycles. The predicted molar refractivity (Wildman–Crippen MR) is 72.9 cm³/mol. The number of ether oxygens (including phenoxy) is 1. The van der Waals surface area contributed by atoms with Gasteiger partial charge in [-0.3, -0.25) is 9.69 Å². The zero-order chi connectivity index (χ0) is 14.7. The lowest BCUT2D eigenvalue weighted by Gasteiger charge is -2.32. The lowest BCUT2D eigenvalue weighted by Crippen LogP contribution is -2.53. The Bertz CT molecular complexity index is 346. The van der Waals surface area contributed by atoms with E-state index in [2.05, 4.69) is 0 Å². The summed E-state index contributed by atoms with van der Waals surface area (Å²) < 4.78 is 4.89. The summed E-state index contributed by atoms with van der Waals surface area (Å²) in [6, 6.07) is -0.497. The fourth-order valence-corrected chi connectivity index (χ4v) is 2.44. The molecule has 0 spiro atoms. The molecule has 19 heavy (non-hydrogen) atoms. The molecular formula is C13H25N3O3. The molecule has 1 fully saturated rings. The topological polar surface area (TPSA) is 53.1 Å². The maximum atomic E-state index is 12.2. The molecular weight excluding hydrogens is 246 g/mol. The van der Waals surface area contributed by atoms with E-state index in [1.54, 1.807) is 16.8 Å². The van der Waals surface area contributed by atoms with E-state index < -0.39 is 6.04 Å². The summed E-state index contributed by atoms with van der Waals surface area (Å²) in [4.78, 5) is 29.5. The molecule has 0 aromatic heterocycles. The summed E-state index contributed by atoms with van der Waals surface area (Å²) in [7, 11) is 5.00. The predicted octanol–water partition coefficient (Wildman–Crippen LogP) is 0.624. The molecule has 0 aromatic rings. The van der Waals surface area contributed by atoms with E-state index in [1.807, 2.05) is 32.7 Å². The zero-order valence-electron chi connectivity index (χ0n) is 12.7. The van der Waals surface area contributed by atoms with Crippen LogP contribution < -0.4 is 0 Å². The molecule has 0 radical (unpaired) electrons. The van der Waals surface area contributed by atoms with Gasteiger partial charge in [-0.1, -0.05) is 6.92 Å². The minimum absolute atomic E-state index is 0.0293. The van der Waals surface area contributed by atoms with Gasteiger partial charge in [-0.15, -0.1) is 0 Å². The highest BCUT2D eigenvalue weighted by Crippen LogP contribution is 2.22. The van der Waals surface area contributed by atoms with Crippen LogP contribution in [0.2, 0.25) is 0 Å². The van der Waals surface area contributed by atoms with E-state index in [-0.39, 0.29) is 24.1 Å². The summed E-state index contributed by atoms with van der Waals surface area (Å²) in [5.41, 5.74) is 0. The van der Waals surface area contributed by atoms with E-state index in [1.165, 1.54) is 7.11 Å². The van der Waals surface area contributed by atoms with E-state index in [9.17, 15) is 9.59 Å². The molecule has 0 unspecified atom stereocenters. The normalized spacial score (nSPS) is 21.5. The average Bonchev–Trinajstić information content (AvgIpc) is 2.67. The number of hydrogen-bond donors (Lipinski definition) is 0. The Morgan fingerprint density at radius 1 is 1.53 bits per heavy atom. The van der Waals surface area contributed by atoms with Crippen LogP contribution in [0.5, 0.6) is 0 Å². The SMILES string of the molecule is CCN(C)[C@@H](C(=O)OC)[C@@H]1CN(C(C)C)C(=O)N1C. The fourth-order valence-electron chi connectivity index (χ4n) is 2.44. The number of carbonyl (C=O) groups excluding carboxylic acids is 2. The minimum Gasteiger partial charge on any atom is -0.468 e. The Morgan fingerprint density at radius 3 is 2.47 bits per heavy atom. The van der Waals surface area contributed by atoms with Gasteiger partial charge in [0.05, 0.1) is 13.2 Å². The fraction of sp³-hybridized carbons (Fsp3) is 0.846. The molecule has 0 aromatic carbocycles. The van der Waals surface area contributed by atoms with Crippen LogP contribution in [0.15, 0.2) is 0 Å². The van der Waals surface area contributed by atoms with Crippen LogP contribution >= 0.6 is 0 Å². The number of carbonyl (C=O) groups is 2. The molecule has 1 saturated heterocycles. The molecule has 2 amide bonds. The van der Waals surface area contributed by atoms with Crippen LogP contribution in [0.1, 0.15) is 20.8 Å². The number of nitrogens with zero attached hydrogens (tertiary/aromatic N) is 3. The average molecular weight is 271 g/mol. The first-order valence-corrected chi connectivity index (χ1v) is 6.66. The molecule has 1 rings (SSSR count). The number of rotatable bonds is 5. The zero-order valence-corrected chi connectivity index (χ0v) is 12.7. The van der Waals surface area contributed by atoms with Gasteiger partial charge in [-0.25, -0.2) is 4.79 Å². The molecule has 6 nitrogen and oxygen atoms in total. The van der Waals surface area contributed by atoms with Crippen molar-refractivity contribution in [2.45, 2.75) is 38.9 Å². The van der Waals surface area contributed by atoms with E-state index in [0.717, 1.165) is 6.54 Å². The van der Waals surface area contributed by atoms with Crippen molar-refractivity contribution < 1.29 is 14.3 Å². The van der Waals surface area contributed by atoms with Crippen molar-refractivity contribution in [3.8, 4) is 0 Å². The Morgan fingerprint density at radius 2 is 2.11 bits per heavy atom. The Kier molecular flexibility index (Phi) is 5.17. The summed E-state index contributed by atoms with van der Waals surface area (Å²) in [5, 5.41) is 0. The van der Waals surface area contributed by atoms with Gasteiger partial charge in [0.25, 0.3) is 0 Å². The quantitative estimate of drug-likeness (QED) is 0.688. The number of esters is 1. The van der Waals surface area contributed by atoms with Crippen LogP contribution in [-0.4, -0.2) is 79.1 Å². The number of hydrogen-bond acceptors (Lipinski definition) is 4. The lowest BCUT2D eigenvalue weighted by atomic mass is 10.1. The van der Waals surface area contributed by atoms with Crippen LogP contribution in [0.3, 0.4) is 0 Å². The standard InChI is InChI=1S/C13H25N3O3/c1-7-14(4)11(12(17)19-6)10-8-16(9(2)3)13(18)15(10)5/h9-11H,7-8H2,1-6H3/t10-,11+/m0/s1. The van der Waals surface area contributed by atoms with Crippen LogP contribution in [0.25, 0.3) is 0 Å². The van der Waals surface area contributed by atoms with Crippen molar-refractivity contribution in [3.63, 3.8) is 0 Å². The van der Waals surface area contributed by atoms with Crippen molar-refractivity contribution in [1.82, 2.24) is 14.7 Å². The van der Waals surface area contributed by atoms with Gasteiger partial charge in [-0.05, 0) is 27.4 Å². The molecule has 2 atom stereocenters. The largest absolute Gasteiger partial charge is 0.468 e. The number of likely N-dealkylation sites (N-methyl/N-ethyl adjacent to an activating group) is 2. The van der Waals surface area contributed by atoms with E-state index in [0.29, 0.717) is 6.54 Å². The third-order valence-electron chi connectivity index (χ3n) is 3.83. The van der Waals surface area contributed by atoms with Crippen molar-refractivity contribution in [3.05, 3.63) is 0 Å².